The third kappa shape index (κ3) is 31.2. The zero-order chi connectivity index (χ0) is 28.2. The van der Waals surface area contributed by atoms with Crippen LogP contribution in [0.4, 0.5) is 0 Å². The number of hydrogen-bond donors (Lipinski definition) is 3. The molecule has 0 aliphatic heterocycles. The van der Waals surface area contributed by atoms with E-state index in [-0.39, 0.29) is 17.7 Å². The van der Waals surface area contributed by atoms with Crippen molar-refractivity contribution in [2.24, 2.45) is 5.92 Å². The van der Waals surface area contributed by atoms with E-state index in [9.17, 15) is 18.3 Å². The van der Waals surface area contributed by atoms with Gasteiger partial charge in [0.05, 0.1) is 5.75 Å². The van der Waals surface area contributed by atoms with Crippen LogP contribution >= 0.6 is 0 Å². The maximum atomic E-state index is 11.3. The summed E-state index contributed by atoms with van der Waals surface area (Å²) in [6, 6.07) is -0.388. The third-order valence-electron chi connectivity index (χ3n) is 6.90. The SMILES string of the molecule is CCCCCCCC/C=C/CCCCCCCCCCCCN[C@H](C(=O)O)[C@@H](C)CC.CCS(=O)(=O)O. The number of unbranched alkanes of at least 4 members (excludes halogenated alkanes) is 16. The molecule has 6 nitrogen and oxygen atoms in total. The molecule has 0 unspecified atom stereocenters. The highest BCUT2D eigenvalue weighted by Gasteiger charge is 2.22. The Morgan fingerprint density at radius 3 is 1.46 bits per heavy atom. The molecule has 0 saturated heterocycles. The van der Waals surface area contributed by atoms with Crippen LogP contribution in [-0.4, -0.2) is 42.4 Å². The predicted octanol–water partition coefficient (Wildman–Crippen LogP) is 8.57. The Balaban J connectivity index is 0. The van der Waals surface area contributed by atoms with E-state index in [1.54, 1.807) is 0 Å². The van der Waals surface area contributed by atoms with Crippen LogP contribution < -0.4 is 5.32 Å². The molecule has 0 aromatic rings. The molecule has 222 valence electrons. The van der Waals surface area contributed by atoms with E-state index in [0.29, 0.717) is 0 Å². The standard InChI is InChI=1S/C28H55NO2.C2H6O3S/c1-4-6-7-8-9-10-11-12-13-14-15-16-17-18-19-20-21-22-23-24-25-29-27(28(30)31)26(3)5-2;1-2-6(3,4)5/h12-13,26-27,29H,4-11,14-25H2,1-3H3,(H,30,31);2H2,1H3,(H,3,4,5)/b13-12+;/t26-,27-;/m0./s1. The summed E-state index contributed by atoms with van der Waals surface area (Å²) < 4.78 is 26.9. The number of aliphatic carboxylic acids is 1. The molecule has 0 aliphatic rings. The highest BCUT2D eigenvalue weighted by molar-refractivity contribution is 7.85. The summed E-state index contributed by atoms with van der Waals surface area (Å²) in [5.41, 5.74) is 0. The largest absolute Gasteiger partial charge is 0.480 e. The number of hydrogen-bond acceptors (Lipinski definition) is 4. The minimum absolute atomic E-state index is 0.193. The van der Waals surface area contributed by atoms with Gasteiger partial charge in [0.1, 0.15) is 6.04 Å². The summed E-state index contributed by atoms with van der Waals surface area (Å²) in [4.78, 5) is 11.3. The van der Waals surface area contributed by atoms with Crippen LogP contribution in [0, 0.1) is 5.92 Å². The van der Waals surface area contributed by atoms with Gasteiger partial charge >= 0.3 is 5.97 Å². The van der Waals surface area contributed by atoms with Crippen molar-refractivity contribution < 1.29 is 22.9 Å². The summed E-state index contributed by atoms with van der Waals surface area (Å²) in [7, 11) is -3.66. The molecule has 37 heavy (non-hydrogen) atoms. The van der Waals surface area contributed by atoms with Gasteiger partial charge in [-0.25, -0.2) is 0 Å². The predicted molar refractivity (Wildman–Crippen MR) is 159 cm³/mol. The number of carboxylic acid groups (broad SMARTS) is 1. The maximum absolute atomic E-state index is 11.3. The molecule has 2 atom stereocenters. The van der Waals surface area contributed by atoms with Gasteiger partial charge < -0.3 is 10.4 Å². The van der Waals surface area contributed by atoms with Gasteiger partial charge in [0.2, 0.25) is 0 Å². The minimum Gasteiger partial charge on any atom is -0.480 e. The molecule has 0 aliphatic carbocycles. The quantitative estimate of drug-likeness (QED) is 0.0601. The Hall–Kier alpha value is -0.920. The third-order valence-corrected chi connectivity index (χ3v) is 7.63. The summed E-state index contributed by atoms with van der Waals surface area (Å²) in [5, 5.41) is 12.5. The van der Waals surface area contributed by atoms with Crippen LogP contribution in [0.3, 0.4) is 0 Å². The van der Waals surface area contributed by atoms with Gasteiger partial charge in [-0.05, 0) is 51.5 Å². The Morgan fingerprint density at radius 2 is 1.11 bits per heavy atom. The van der Waals surface area contributed by atoms with Crippen molar-refractivity contribution in [3.8, 4) is 0 Å². The fourth-order valence-electron chi connectivity index (χ4n) is 4.10. The van der Waals surface area contributed by atoms with Crippen molar-refractivity contribution in [1.29, 1.82) is 0 Å². The fraction of sp³-hybridized carbons (Fsp3) is 0.900. The molecule has 0 bridgehead atoms. The summed E-state index contributed by atoms with van der Waals surface area (Å²) in [5.74, 6) is -0.718. The Kier molecular flexibility index (Phi) is 29.0. The van der Waals surface area contributed by atoms with E-state index in [2.05, 4.69) is 31.3 Å². The number of carboxylic acids is 1. The van der Waals surface area contributed by atoms with Crippen LogP contribution in [0.2, 0.25) is 0 Å². The lowest BCUT2D eigenvalue weighted by atomic mass is 9.99. The van der Waals surface area contributed by atoms with Crippen molar-refractivity contribution in [1.82, 2.24) is 5.32 Å². The van der Waals surface area contributed by atoms with Gasteiger partial charge in [-0.2, -0.15) is 8.42 Å². The highest BCUT2D eigenvalue weighted by Crippen LogP contribution is 2.13. The van der Waals surface area contributed by atoms with Crippen LogP contribution in [0.25, 0.3) is 0 Å². The molecular weight excluding hydrogens is 486 g/mol. The van der Waals surface area contributed by atoms with E-state index in [1.165, 1.54) is 116 Å². The lowest BCUT2D eigenvalue weighted by Gasteiger charge is -2.20. The molecule has 0 rings (SSSR count). The Morgan fingerprint density at radius 1 is 0.730 bits per heavy atom. The number of nitrogens with one attached hydrogen (secondary N) is 1. The lowest BCUT2D eigenvalue weighted by Crippen LogP contribution is -2.42. The fourth-order valence-corrected chi connectivity index (χ4v) is 4.10. The van der Waals surface area contributed by atoms with Gasteiger partial charge in [0, 0.05) is 0 Å². The molecule has 0 aromatic heterocycles. The number of carbonyl (C=O) groups is 1. The summed E-state index contributed by atoms with van der Waals surface area (Å²) >= 11 is 0. The summed E-state index contributed by atoms with van der Waals surface area (Å²) in [6.45, 7) is 8.54. The van der Waals surface area contributed by atoms with Crippen LogP contribution in [0.1, 0.15) is 150 Å². The molecule has 0 amide bonds. The van der Waals surface area contributed by atoms with Gasteiger partial charge in [-0.1, -0.05) is 123 Å². The number of allylic oxidation sites excluding steroid dienone is 2. The monoisotopic (exact) mass is 547 g/mol. The first-order chi connectivity index (χ1) is 17.7. The summed E-state index contributed by atoms with van der Waals surface area (Å²) in [6.07, 6.45) is 29.8. The zero-order valence-electron chi connectivity index (χ0n) is 24.7. The minimum atomic E-state index is -3.66. The van der Waals surface area contributed by atoms with E-state index in [0.717, 1.165) is 19.4 Å². The molecule has 0 saturated carbocycles. The van der Waals surface area contributed by atoms with Crippen molar-refractivity contribution in [3.05, 3.63) is 12.2 Å². The first kappa shape index (κ1) is 38.2. The first-order valence-electron chi connectivity index (χ1n) is 15.3. The molecule has 0 radical (unpaired) electrons. The zero-order valence-corrected chi connectivity index (χ0v) is 25.5. The molecule has 0 aromatic carbocycles. The second-order valence-electron chi connectivity index (χ2n) is 10.4. The van der Waals surface area contributed by atoms with Crippen molar-refractivity contribution in [3.63, 3.8) is 0 Å². The second-order valence-corrected chi connectivity index (χ2v) is 12.1. The molecule has 7 heteroatoms. The molecule has 0 spiro atoms. The topological polar surface area (TPSA) is 104 Å². The van der Waals surface area contributed by atoms with E-state index in [4.69, 9.17) is 4.55 Å². The average Bonchev–Trinajstić information content (AvgIpc) is 2.86. The van der Waals surface area contributed by atoms with E-state index < -0.39 is 16.1 Å². The Labute approximate surface area is 230 Å². The first-order valence-corrected chi connectivity index (χ1v) is 16.9. The van der Waals surface area contributed by atoms with Crippen molar-refractivity contribution >= 4 is 16.1 Å². The molecular formula is C30H61NO5S. The maximum Gasteiger partial charge on any atom is 0.320 e. The Bertz CT molecular complexity index is 621. The van der Waals surface area contributed by atoms with Crippen molar-refractivity contribution in [2.75, 3.05) is 12.3 Å². The smallest absolute Gasteiger partial charge is 0.320 e. The number of rotatable bonds is 25. The average molecular weight is 548 g/mol. The normalized spacial score (nSPS) is 13.3. The van der Waals surface area contributed by atoms with Gasteiger partial charge in [-0.3, -0.25) is 9.35 Å². The van der Waals surface area contributed by atoms with Crippen LogP contribution in [-0.2, 0) is 14.9 Å². The molecule has 3 N–H and O–H groups in total. The molecule has 0 heterocycles. The van der Waals surface area contributed by atoms with Crippen LogP contribution in [0.15, 0.2) is 12.2 Å². The van der Waals surface area contributed by atoms with Gasteiger partial charge in [0.15, 0.2) is 0 Å². The highest BCUT2D eigenvalue weighted by atomic mass is 32.2. The molecule has 0 fully saturated rings. The van der Waals surface area contributed by atoms with Gasteiger partial charge in [0.25, 0.3) is 10.1 Å². The van der Waals surface area contributed by atoms with Crippen LogP contribution in [0.5, 0.6) is 0 Å². The van der Waals surface area contributed by atoms with E-state index in [1.807, 2.05) is 6.92 Å². The van der Waals surface area contributed by atoms with Crippen molar-refractivity contribution in [2.45, 2.75) is 156 Å². The second kappa shape index (κ2) is 28.1. The van der Waals surface area contributed by atoms with Gasteiger partial charge in [-0.15, -0.1) is 0 Å². The van der Waals surface area contributed by atoms with E-state index >= 15 is 0 Å². The lowest BCUT2D eigenvalue weighted by molar-refractivity contribution is -0.140.